The van der Waals surface area contributed by atoms with Crippen molar-refractivity contribution < 1.29 is 16.8 Å². The number of pyridine rings is 1. The highest BCUT2D eigenvalue weighted by Gasteiger charge is 2.29. The third-order valence-electron chi connectivity index (χ3n) is 5.31. The summed E-state index contributed by atoms with van der Waals surface area (Å²) in [5.41, 5.74) is 3.60. The zero-order chi connectivity index (χ0) is 23.7. The Morgan fingerprint density at radius 2 is 1.59 bits per heavy atom. The molecule has 0 saturated carbocycles. The van der Waals surface area contributed by atoms with E-state index in [4.69, 9.17) is 0 Å². The first-order chi connectivity index (χ1) is 14.9. The number of hydrogen-bond donors (Lipinski definition) is 1. The van der Waals surface area contributed by atoms with Gasteiger partial charge in [0.2, 0.25) is 10.0 Å². The van der Waals surface area contributed by atoms with Crippen molar-refractivity contribution >= 4 is 25.7 Å². The second-order valence-electron chi connectivity index (χ2n) is 7.78. The van der Waals surface area contributed by atoms with Crippen LogP contribution in [0.2, 0.25) is 0 Å². The summed E-state index contributed by atoms with van der Waals surface area (Å²) in [7, 11) is -6.34. The molecule has 1 aromatic heterocycles. The average Bonchev–Trinajstić information content (AvgIpc) is 2.72. The van der Waals surface area contributed by atoms with E-state index in [2.05, 4.69) is 9.71 Å². The molecule has 0 radical (unpaired) electrons. The van der Waals surface area contributed by atoms with Gasteiger partial charge in [-0.2, -0.15) is 0 Å². The number of sulfonamides is 2. The van der Waals surface area contributed by atoms with E-state index in [0.29, 0.717) is 22.4 Å². The third-order valence-corrected chi connectivity index (χ3v) is 8.77. The maximum atomic E-state index is 13.3. The van der Waals surface area contributed by atoms with Gasteiger partial charge < -0.3 is 0 Å². The summed E-state index contributed by atoms with van der Waals surface area (Å²) < 4.78 is 56.7. The van der Waals surface area contributed by atoms with Crippen molar-refractivity contribution in [3.63, 3.8) is 0 Å². The lowest BCUT2D eigenvalue weighted by Gasteiger charge is -2.26. The van der Waals surface area contributed by atoms with Crippen LogP contribution in [0.4, 0.5) is 5.69 Å². The summed E-state index contributed by atoms with van der Waals surface area (Å²) in [5, 5.41) is 0. The van der Waals surface area contributed by atoms with E-state index in [1.807, 2.05) is 6.92 Å². The molecule has 0 fully saturated rings. The fourth-order valence-electron chi connectivity index (χ4n) is 3.80. The molecule has 3 rings (SSSR count). The fourth-order valence-corrected chi connectivity index (χ4v) is 6.60. The van der Waals surface area contributed by atoms with Crippen molar-refractivity contribution in [2.75, 3.05) is 11.4 Å². The monoisotopic (exact) mass is 473 g/mol. The molecule has 1 heterocycles. The Kier molecular flexibility index (Phi) is 6.73. The zero-order valence-corrected chi connectivity index (χ0v) is 20.4. The molecule has 170 valence electrons. The van der Waals surface area contributed by atoms with Crippen LogP contribution < -0.4 is 9.03 Å². The standard InChI is InChI=1S/C23H27N3O4S2/c1-16-8-10-21(11-9-16)32(29,30)26(5)22-17(2)13-18(3)23(19(22)4)31(27,28)25-15-20-7-6-12-24-14-20/h6-14,25H,15H2,1-5H3. The zero-order valence-electron chi connectivity index (χ0n) is 18.7. The van der Waals surface area contributed by atoms with E-state index in [1.165, 1.54) is 7.05 Å². The minimum absolute atomic E-state index is 0.0768. The van der Waals surface area contributed by atoms with Crippen molar-refractivity contribution in [2.45, 2.75) is 44.0 Å². The van der Waals surface area contributed by atoms with Crippen LogP contribution in [0.3, 0.4) is 0 Å². The van der Waals surface area contributed by atoms with E-state index in [0.717, 1.165) is 15.4 Å². The minimum atomic E-state index is -3.91. The summed E-state index contributed by atoms with van der Waals surface area (Å²) in [6.07, 6.45) is 3.20. The van der Waals surface area contributed by atoms with E-state index < -0.39 is 20.0 Å². The van der Waals surface area contributed by atoms with Gasteiger partial charge in [-0.05, 0) is 68.1 Å². The van der Waals surface area contributed by atoms with E-state index in [-0.39, 0.29) is 16.3 Å². The van der Waals surface area contributed by atoms with Crippen LogP contribution in [0.25, 0.3) is 0 Å². The van der Waals surface area contributed by atoms with Gasteiger partial charge in [-0.1, -0.05) is 29.8 Å². The first kappa shape index (κ1) is 23.9. The Balaban J connectivity index is 2.05. The lowest BCUT2D eigenvalue weighted by Crippen LogP contribution is -2.30. The highest BCUT2D eigenvalue weighted by Crippen LogP contribution is 2.35. The number of nitrogens with one attached hydrogen (secondary N) is 1. The van der Waals surface area contributed by atoms with Gasteiger partial charge in [0, 0.05) is 26.0 Å². The molecule has 2 aromatic carbocycles. The second-order valence-corrected chi connectivity index (χ2v) is 11.5. The van der Waals surface area contributed by atoms with Gasteiger partial charge in [-0.15, -0.1) is 0 Å². The van der Waals surface area contributed by atoms with Gasteiger partial charge in [0.1, 0.15) is 0 Å². The predicted octanol–water partition coefficient (Wildman–Crippen LogP) is 3.62. The van der Waals surface area contributed by atoms with Crippen molar-refractivity contribution in [3.05, 3.63) is 82.7 Å². The molecular weight excluding hydrogens is 446 g/mol. The van der Waals surface area contributed by atoms with Gasteiger partial charge in [-0.25, -0.2) is 21.6 Å². The second kappa shape index (κ2) is 9.01. The molecule has 9 heteroatoms. The number of aromatic nitrogens is 1. The molecule has 0 aliphatic carbocycles. The highest BCUT2D eigenvalue weighted by atomic mass is 32.2. The molecular formula is C23H27N3O4S2. The van der Waals surface area contributed by atoms with Crippen LogP contribution in [0, 0.1) is 27.7 Å². The SMILES string of the molecule is Cc1ccc(S(=O)(=O)N(C)c2c(C)cc(C)c(S(=O)(=O)NCc3cccnc3)c2C)cc1. The van der Waals surface area contributed by atoms with Crippen LogP contribution in [-0.4, -0.2) is 28.9 Å². The molecule has 7 nitrogen and oxygen atoms in total. The lowest BCUT2D eigenvalue weighted by atomic mass is 10.1. The number of hydrogen-bond acceptors (Lipinski definition) is 5. The summed E-state index contributed by atoms with van der Waals surface area (Å²) >= 11 is 0. The number of aryl methyl sites for hydroxylation is 3. The highest BCUT2D eigenvalue weighted by molar-refractivity contribution is 7.92. The number of anilines is 1. The Bertz CT molecular complexity index is 1340. The Morgan fingerprint density at radius 1 is 0.938 bits per heavy atom. The first-order valence-electron chi connectivity index (χ1n) is 10.00. The molecule has 0 bridgehead atoms. The summed E-state index contributed by atoms with van der Waals surface area (Å²) in [5.74, 6) is 0. The Morgan fingerprint density at radius 3 is 2.19 bits per heavy atom. The van der Waals surface area contributed by atoms with Crippen LogP contribution in [0.15, 0.2) is 64.6 Å². The average molecular weight is 474 g/mol. The lowest BCUT2D eigenvalue weighted by molar-refractivity contribution is 0.579. The smallest absolute Gasteiger partial charge is 0.264 e. The first-order valence-corrected chi connectivity index (χ1v) is 12.9. The van der Waals surface area contributed by atoms with Gasteiger partial charge in [0.05, 0.1) is 15.5 Å². The molecule has 0 amide bonds. The molecule has 32 heavy (non-hydrogen) atoms. The largest absolute Gasteiger partial charge is 0.269 e. The predicted molar refractivity (Wildman–Crippen MR) is 126 cm³/mol. The van der Waals surface area contributed by atoms with Crippen LogP contribution >= 0.6 is 0 Å². The molecule has 0 unspecified atom stereocenters. The van der Waals surface area contributed by atoms with Crippen LogP contribution in [0.5, 0.6) is 0 Å². The minimum Gasteiger partial charge on any atom is -0.269 e. The van der Waals surface area contributed by atoms with Gasteiger partial charge in [-0.3, -0.25) is 9.29 Å². The topological polar surface area (TPSA) is 96.4 Å². The Hall–Kier alpha value is -2.75. The molecule has 1 N–H and O–H groups in total. The summed E-state index contributed by atoms with van der Waals surface area (Å²) in [6, 6.07) is 11.8. The van der Waals surface area contributed by atoms with Crippen molar-refractivity contribution in [1.82, 2.24) is 9.71 Å². The maximum absolute atomic E-state index is 13.3. The molecule has 3 aromatic rings. The summed E-state index contributed by atoms with van der Waals surface area (Å²) in [6.45, 7) is 7.07. The molecule has 0 aliphatic heterocycles. The fraction of sp³-hybridized carbons (Fsp3) is 0.261. The maximum Gasteiger partial charge on any atom is 0.264 e. The van der Waals surface area contributed by atoms with E-state index in [1.54, 1.807) is 75.6 Å². The van der Waals surface area contributed by atoms with Crippen molar-refractivity contribution in [3.8, 4) is 0 Å². The quantitative estimate of drug-likeness (QED) is 0.565. The normalized spacial score (nSPS) is 12.0. The molecule has 0 atom stereocenters. The van der Waals surface area contributed by atoms with E-state index in [9.17, 15) is 16.8 Å². The molecule has 0 aliphatic rings. The van der Waals surface area contributed by atoms with Crippen molar-refractivity contribution in [2.24, 2.45) is 0 Å². The van der Waals surface area contributed by atoms with Gasteiger partial charge >= 0.3 is 0 Å². The molecule has 0 saturated heterocycles. The third kappa shape index (κ3) is 4.69. The van der Waals surface area contributed by atoms with Gasteiger partial charge in [0.15, 0.2) is 0 Å². The molecule has 0 spiro atoms. The van der Waals surface area contributed by atoms with E-state index >= 15 is 0 Å². The number of benzene rings is 2. The van der Waals surface area contributed by atoms with Crippen LogP contribution in [0.1, 0.15) is 27.8 Å². The van der Waals surface area contributed by atoms with Gasteiger partial charge in [0.25, 0.3) is 10.0 Å². The number of rotatable bonds is 7. The summed E-state index contributed by atoms with van der Waals surface area (Å²) in [4.78, 5) is 4.21. The number of nitrogens with zero attached hydrogens (tertiary/aromatic N) is 2. The van der Waals surface area contributed by atoms with Crippen LogP contribution in [-0.2, 0) is 26.6 Å². The van der Waals surface area contributed by atoms with Crippen molar-refractivity contribution in [1.29, 1.82) is 0 Å². The Labute approximate surface area is 190 Å².